The smallest absolute Gasteiger partial charge is 0.390 e. The summed E-state index contributed by atoms with van der Waals surface area (Å²) < 4.78 is 77.8. The first-order valence-electron chi connectivity index (χ1n) is 11.0. The Balaban J connectivity index is 0.000000473. The third-order valence-electron chi connectivity index (χ3n) is 4.66. The number of hydrogen-bond donors (Lipinski definition) is 1. The van der Waals surface area contributed by atoms with E-state index in [-0.39, 0.29) is 17.7 Å². The normalized spacial score (nSPS) is 11.9. The molecule has 0 saturated heterocycles. The first-order chi connectivity index (χ1) is 16.0. The second-order valence-electron chi connectivity index (χ2n) is 8.16. The van der Waals surface area contributed by atoms with Gasteiger partial charge in [0.25, 0.3) is 0 Å². The Morgan fingerprint density at radius 2 is 1.46 bits per heavy atom. The third kappa shape index (κ3) is 8.69. The lowest BCUT2D eigenvalue weighted by Gasteiger charge is -2.14. The van der Waals surface area contributed by atoms with E-state index in [1.54, 1.807) is 27.7 Å². The number of Topliss-reactive ketones (excluding diaryl/α,β-unsaturated/α-hetero) is 1. The van der Waals surface area contributed by atoms with Crippen LogP contribution in [0.15, 0.2) is 42.6 Å². The van der Waals surface area contributed by atoms with E-state index in [4.69, 9.17) is 5.11 Å². The number of carbonyl (C=O) groups is 1. The number of benzene rings is 1. The summed E-state index contributed by atoms with van der Waals surface area (Å²) in [4.78, 5) is 10.7. The average molecular weight is 505 g/mol. The molecule has 3 rings (SSSR count). The molecule has 0 fully saturated rings. The standard InChI is InChI=1S/C16H10F6N2.C7H14O2.C2H6/c1-9-14(10-2-4-11(5-3-10)15(17,18)19)13-8-12(16(20,21)22)6-7-24(13)23-9;1-4-6(8)5-7(2,3)9;1-2/h2-8H,1H3;9H,4-5H2,1-3H3;1-2H3. The highest BCUT2D eigenvalue weighted by Crippen LogP contribution is 2.35. The maximum Gasteiger partial charge on any atom is 0.416 e. The zero-order valence-corrected chi connectivity index (χ0v) is 20.5. The number of aliphatic hydroxyl groups is 1. The number of halogens is 6. The molecule has 0 unspecified atom stereocenters. The molecule has 194 valence electrons. The largest absolute Gasteiger partial charge is 0.416 e. The number of pyridine rings is 1. The lowest BCUT2D eigenvalue weighted by Crippen LogP contribution is -2.22. The van der Waals surface area contributed by atoms with Gasteiger partial charge in [-0.15, -0.1) is 0 Å². The van der Waals surface area contributed by atoms with Crippen LogP contribution < -0.4 is 0 Å². The summed E-state index contributed by atoms with van der Waals surface area (Å²) in [7, 11) is 0. The van der Waals surface area contributed by atoms with Gasteiger partial charge in [0.1, 0.15) is 5.78 Å². The number of fused-ring (bicyclic) bond motifs is 1. The highest BCUT2D eigenvalue weighted by molar-refractivity contribution is 5.83. The lowest BCUT2D eigenvalue weighted by atomic mass is 10.0. The van der Waals surface area contributed by atoms with Crippen molar-refractivity contribution in [2.75, 3.05) is 0 Å². The van der Waals surface area contributed by atoms with E-state index in [1.807, 2.05) is 13.8 Å². The molecule has 1 aromatic carbocycles. The minimum atomic E-state index is -4.52. The number of ketones is 1. The van der Waals surface area contributed by atoms with Crippen LogP contribution in [0.2, 0.25) is 0 Å². The summed E-state index contributed by atoms with van der Waals surface area (Å²) in [6.45, 7) is 10.7. The molecule has 2 heterocycles. The number of nitrogens with zero attached hydrogens (tertiary/aromatic N) is 2. The van der Waals surface area contributed by atoms with Crippen LogP contribution in [0.3, 0.4) is 0 Å². The van der Waals surface area contributed by atoms with Crippen molar-refractivity contribution in [3.05, 3.63) is 59.4 Å². The summed E-state index contributed by atoms with van der Waals surface area (Å²) >= 11 is 0. The van der Waals surface area contributed by atoms with Gasteiger partial charge in [0.15, 0.2) is 0 Å². The Morgan fingerprint density at radius 1 is 0.943 bits per heavy atom. The maximum absolute atomic E-state index is 12.9. The molecule has 3 aromatic rings. The lowest BCUT2D eigenvalue weighted by molar-refractivity contribution is -0.138. The van der Waals surface area contributed by atoms with Crippen LogP contribution in [0, 0.1) is 6.92 Å². The zero-order valence-electron chi connectivity index (χ0n) is 20.5. The number of aryl methyl sites for hydroxylation is 1. The zero-order chi connectivity index (χ0) is 27.2. The van der Waals surface area contributed by atoms with Crippen molar-refractivity contribution < 1.29 is 36.2 Å². The Hall–Kier alpha value is -2.88. The van der Waals surface area contributed by atoms with Crippen molar-refractivity contribution in [1.82, 2.24) is 9.61 Å². The average Bonchev–Trinajstić information content (AvgIpc) is 3.08. The highest BCUT2D eigenvalue weighted by Gasteiger charge is 2.32. The van der Waals surface area contributed by atoms with Crippen molar-refractivity contribution in [3.63, 3.8) is 0 Å². The Bertz CT molecular complexity index is 1110. The van der Waals surface area contributed by atoms with Gasteiger partial charge in [-0.25, -0.2) is 4.52 Å². The summed E-state index contributed by atoms with van der Waals surface area (Å²) in [5.41, 5.74) is -1.15. The molecule has 0 aliphatic carbocycles. The molecule has 4 nitrogen and oxygen atoms in total. The summed E-state index contributed by atoms with van der Waals surface area (Å²) in [6, 6.07) is 6.08. The van der Waals surface area contributed by atoms with Crippen LogP contribution in [0.5, 0.6) is 0 Å². The Kier molecular flexibility index (Phi) is 10.1. The fourth-order valence-corrected chi connectivity index (χ4v) is 3.13. The van der Waals surface area contributed by atoms with Gasteiger partial charge in [0, 0.05) is 24.6 Å². The SMILES string of the molecule is CC.CCC(=O)CC(C)(C)O.Cc1nn2ccc(C(F)(F)F)cc2c1-c1ccc(C(F)(F)F)cc1. The first kappa shape index (κ1) is 30.2. The van der Waals surface area contributed by atoms with Crippen LogP contribution in [0.4, 0.5) is 26.3 Å². The van der Waals surface area contributed by atoms with Gasteiger partial charge in [-0.3, -0.25) is 4.79 Å². The highest BCUT2D eigenvalue weighted by atomic mass is 19.4. The summed E-state index contributed by atoms with van der Waals surface area (Å²) in [5.74, 6) is 0.113. The summed E-state index contributed by atoms with van der Waals surface area (Å²) in [6.07, 6.45) is -7.03. The van der Waals surface area contributed by atoms with E-state index in [2.05, 4.69) is 5.10 Å². The van der Waals surface area contributed by atoms with Crippen LogP contribution in [0.25, 0.3) is 16.6 Å². The van der Waals surface area contributed by atoms with Crippen molar-refractivity contribution in [2.24, 2.45) is 0 Å². The van der Waals surface area contributed by atoms with Gasteiger partial charge in [-0.1, -0.05) is 32.9 Å². The molecule has 0 aliphatic heterocycles. The minimum Gasteiger partial charge on any atom is -0.390 e. The van der Waals surface area contributed by atoms with E-state index in [1.165, 1.54) is 22.8 Å². The summed E-state index contributed by atoms with van der Waals surface area (Å²) in [5, 5.41) is 13.2. The van der Waals surface area contributed by atoms with E-state index in [0.29, 0.717) is 23.2 Å². The van der Waals surface area contributed by atoms with E-state index < -0.39 is 29.1 Å². The topological polar surface area (TPSA) is 54.6 Å². The van der Waals surface area contributed by atoms with Crippen LogP contribution >= 0.6 is 0 Å². The molecule has 0 aliphatic rings. The van der Waals surface area contributed by atoms with E-state index in [0.717, 1.165) is 24.3 Å². The Morgan fingerprint density at radius 3 is 1.86 bits per heavy atom. The number of carbonyl (C=O) groups excluding carboxylic acids is 1. The van der Waals surface area contributed by atoms with Gasteiger partial charge in [0.2, 0.25) is 0 Å². The predicted octanol–water partition coefficient (Wildman–Crippen LogP) is 7.50. The molecule has 0 spiro atoms. The van der Waals surface area contributed by atoms with Crippen molar-refractivity contribution >= 4 is 11.3 Å². The number of alkyl halides is 6. The van der Waals surface area contributed by atoms with Gasteiger partial charge in [-0.2, -0.15) is 31.4 Å². The van der Waals surface area contributed by atoms with Crippen LogP contribution in [0.1, 0.15) is 64.3 Å². The van der Waals surface area contributed by atoms with E-state index >= 15 is 0 Å². The van der Waals surface area contributed by atoms with Crippen LogP contribution in [-0.2, 0) is 17.1 Å². The quantitative estimate of drug-likeness (QED) is 0.374. The molecule has 35 heavy (non-hydrogen) atoms. The second kappa shape index (κ2) is 11.7. The number of rotatable bonds is 4. The van der Waals surface area contributed by atoms with Gasteiger partial charge in [-0.05, 0) is 50.6 Å². The maximum atomic E-state index is 12.9. The third-order valence-corrected chi connectivity index (χ3v) is 4.66. The second-order valence-corrected chi connectivity index (χ2v) is 8.16. The molecule has 1 N–H and O–H groups in total. The molecule has 0 atom stereocenters. The van der Waals surface area contributed by atoms with Crippen molar-refractivity contribution in [2.45, 2.75) is 72.3 Å². The molecule has 0 amide bonds. The van der Waals surface area contributed by atoms with Gasteiger partial charge >= 0.3 is 12.4 Å². The monoisotopic (exact) mass is 504 g/mol. The fraction of sp³-hybridized carbons (Fsp3) is 0.440. The fourth-order valence-electron chi connectivity index (χ4n) is 3.13. The molecule has 0 bridgehead atoms. The minimum absolute atomic E-state index is 0.113. The molecule has 0 saturated carbocycles. The molecule has 0 radical (unpaired) electrons. The Labute approximate surface area is 200 Å². The van der Waals surface area contributed by atoms with Crippen molar-refractivity contribution in [1.29, 1.82) is 0 Å². The number of hydrogen-bond acceptors (Lipinski definition) is 3. The molecular formula is C25H30F6N2O2. The predicted molar refractivity (Wildman–Crippen MR) is 123 cm³/mol. The first-order valence-corrected chi connectivity index (χ1v) is 11.0. The van der Waals surface area contributed by atoms with Crippen LogP contribution in [-0.4, -0.2) is 26.1 Å². The van der Waals surface area contributed by atoms with Crippen molar-refractivity contribution in [3.8, 4) is 11.1 Å². The number of aromatic nitrogens is 2. The van der Waals surface area contributed by atoms with E-state index in [9.17, 15) is 31.1 Å². The van der Waals surface area contributed by atoms with Gasteiger partial charge in [0.05, 0.1) is 27.9 Å². The molecular weight excluding hydrogens is 474 g/mol. The molecule has 10 heteroatoms. The molecule has 2 aromatic heterocycles. The van der Waals surface area contributed by atoms with Gasteiger partial charge < -0.3 is 5.11 Å².